The van der Waals surface area contributed by atoms with Crippen LogP contribution in [-0.4, -0.2) is 30.4 Å². The van der Waals surface area contributed by atoms with Crippen LogP contribution in [0.2, 0.25) is 5.02 Å². The predicted molar refractivity (Wildman–Crippen MR) is 149 cm³/mol. The number of nitrogens with zero attached hydrogens (tertiary/aromatic N) is 5. The van der Waals surface area contributed by atoms with Crippen molar-refractivity contribution in [3.63, 3.8) is 0 Å². The molecule has 196 valence electrons. The first-order valence-electron chi connectivity index (χ1n) is 11.8. The van der Waals surface area contributed by atoms with E-state index in [-0.39, 0.29) is 28.1 Å². The van der Waals surface area contributed by atoms with E-state index in [2.05, 4.69) is 31.8 Å². The highest BCUT2D eigenvalue weighted by molar-refractivity contribution is 6.34. The highest BCUT2D eigenvalue weighted by Crippen LogP contribution is 2.45. The van der Waals surface area contributed by atoms with Crippen LogP contribution >= 0.6 is 11.6 Å². The fourth-order valence-corrected chi connectivity index (χ4v) is 4.45. The van der Waals surface area contributed by atoms with E-state index in [9.17, 15) is 4.79 Å². The van der Waals surface area contributed by atoms with Crippen LogP contribution in [0, 0.1) is 12.7 Å². The van der Waals surface area contributed by atoms with Gasteiger partial charge in [0.05, 0.1) is 21.8 Å². The molecule has 3 N–H and O–H groups in total. The van der Waals surface area contributed by atoms with Crippen molar-refractivity contribution in [1.29, 1.82) is 0 Å². The maximum Gasteiger partial charge on any atom is 0.322 e. The monoisotopic (exact) mass is 543 g/mol. The number of anilines is 2. The zero-order valence-corrected chi connectivity index (χ0v) is 22.0. The highest BCUT2D eigenvalue weighted by Gasteiger charge is 2.25. The molecule has 11 heteroatoms. The van der Waals surface area contributed by atoms with E-state index in [1.54, 1.807) is 42.1 Å². The summed E-state index contributed by atoms with van der Waals surface area (Å²) in [5, 5.41) is 2.89. The Kier molecular flexibility index (Phi) is 6.71. The van der Waals surface area contributed by atoms with Gasteiger partial charge in [-0.15, -0.1) is 0 Å². The molecule has 3 heterocycles. The molecule has 3 aromatic heterocycles. The number of rotatable bonds is 6. The smallest absolute Gasteiger partial charge is 0.322 e. The third kappa shape index (κ3) is 4.77. The summed E-state index contributed by atoms with van der Waals surface area (Å²) >= 11 is 6.56. The lowest BCUT2D eigenvalue weighted by molar-refractivity contribution is -0.112. The lowest BCUT2D eigenvalue weighted by atomic mass is 9.98. The number of hydrogen-bond donors (Lipinski definition) is 2. The van der Waals surface area contributed by atoms with Crippen LogP contribution in [-0.2, 0) is 11.8 Å². The van der Waals surface area contributed by atoms with Crippen molar-refractivity contribution < 1.29 is 13.9 Å². The molecule has 0 saturated heterocycles. The van der Waals surface area contributed by atoms with Gasteiger partial charge in [-0.05, 0) is 49.7 Å². The van der Waals surface area contributed by atoms with Gasteiger partial charge in [0, 0.05) is 35.6 Å². The maximum atomic E-state index is 15.4. The summed E-state index contributed by atoms with van der Waals surface area (Å²) in [4.78, 5) is 29.0. The number of fused-ring (bicyclic) bond motifs is 1. The molecule has 0 aliphatic heterocycles. The van der Waals surface area contributed by atoms with Gasteiger partial charge in [0.25, 0.3) is 5.91 Å². The molecule has 0 aliphatic carbocycles. The van der Waals surface area contributed by atoms with Gasteiger partial charge in [0.1, 0.15) is 23.5 Å². The fraction of sp³-hybridized carbons (Fsp3) is 0.107. The summed E-state index contributed by atoms with van der Waals surface area (Å²) in [6.45, 7) is 6.96. The Morgan fingerprint density at radius 2 is 1.87 bits per heavy atom. The first-order valence-corrected chi connectivity index (χ1v) is 12.2. The Balaban J connectivity index is 1.64. The van der Waals surface area contributed by atoms with E-state index >= 15 is 4.39 Å². The van der Waals surface area contributed by atoms with Crippen molar-refractivity contribution in [3.8, 4) is 34.1 Å². The molecule has 2 aromatic carbocycles. The van der Waals surface area contributed by atoms with Crippen molar-refractivity contribution >= 4 is 40.0 Å². The minimum atomic E-state index is -0.777. The number of nitrogens with two attached hydrogens (primary N) is 1. The van der Waals surface area contributed by atoms with Gasteiger partial charge in [-0.1, -0.05) is 30.3 Å². The SMILES string of the molecule is C=C(C)C(=O)Nc1ccc(-c2c(-c3ccc(Oc4nccc(C)n4)cc3)c3c(N)ncnc3n2C)c(Cl)c1F. The predicted octanol–water partition coefficient (Wildman–Crippen LogP) is 6.08. The van der Waals surface area contributed by atoms with Gasteiger partial charge in [-0.2, -0.15) is 0 Å². The Bertz CT molecular complexity index is 1770. The quantitative estimate of drug-likeness (QED) is 0.249. The Hall–Kier alpha value is -4.83. The largest absolute Gasteiger partial charge is 0.424 e. The molecule has 0 aliphatic rings. The second kappa shape index (κ2) is 10.1. The van der Waals surface area contributed by atoms with Crippen molar-refractivity contribution in [2.45, 2.75) is 13.8 Å². The van der Waals surface area contributed by atoms with Crippen LogP contribution in [0.15, 0.2) is 67.1 Å². The lowest BCUT2D eigenvalue weighted by Crippen LogP contribution is -2.13. The van der Waals surface area contributed by atoms with Crippen LogP contribution in [0.4, 0.5) is 15.9 Å². The first kappa shape index (κ1) is 25.8. The molecule has 5 aromatic rings. The number of carbonyl (C=O) groups is 1. The average molecular weight is 544 g/mol. The molecule has 9 nitrogen and oxygen atoms in total. The van der Waals surface area contributed by atoms with Crippen molar-refractivity contribution in [3.05, 3.63) is 83.7 Å². The summed E-state index contributed by atoms with van der Waals surface area (Å²) in [7, 11) is 1.78. The van der Waals surface area contributed by atoms with E-state index in [1.807, 2.05) is 19.1 Å². The minimum Gasteiger partial charge on any atom is -0.424 e. The number of aromatic nitrogens is 5. The molecule has 0 bridgehead atoms. The van der Waals surface area contributed by atoms with Crippen LogP contribution in [0.5, 0.6) is 11.8 Å². The second-order valence-corrected chi connectivity index (χ2v) is 9.25. The summed E-state index contributed by atoms with van der Waals surface area (Å²) < 4.78 is 23.0. The summed E-state index contributed by atoms with van der Waals surface area (Å²) in [6.07, 6.45) is 2.98. The van der Waals surface area contributed by atoms with Crippen LogP contribution in [0.25, 0.3) is 33.4 Å². The Morgan fingerprint density at radius 1 is 1.13 bits per heavy atom. The number of amides is 1. The van der Waals surface area contributed by atoms with Gasteiger partial charge in [-0.25, -0.2) is 24.3 Å². The molecule has 1 amide bonds. The van der Waals surface area contributed by atoms with E-state index in [1.165, 1.54) is 19.3 Å². The lowest BCUT2D eigenvalue weighted by Gasteiger charge is -2.14. The van der Waals surface area contributed by atoms with Crippen LogP contribution in [0.3, 0.4) is 0 Å². The number of carbonyl (C=O) groups excluding carboxylic acids is 1. The van der Waals surface area contributed by atoms with Gasteiger partial charge >= 0.3 is 6.01 Å². The molecule has 0 fully saturated rings. The van der Waals surface area contributed by atoms with E-state index in [0.29, 0.717) is 33.6 Å². The molecule has 0 saturated carbocycles. The molecular weight excluding hydrogens is 521 g/mol. The molecule has 5 rings (SSSR count). The van der Waals surface area contributed by atoms with Crippen LogP contribution < -0.4 is 15.8 Å². The zero-order valence-electron chi connectivity index (χ0n) is 21.3. The average Bonchev–Trinajstić information content (AvgIpc) is 3.20. The van der Waals surface area contributed by atoms with Gasteiger partial charge < -0.3 is 20.4 Å². The normalized spacial score (nSPS) is 11.0. The highest BCUT2D eigenvalue weighted by atomic mass is 35.5. The molecular formula is C28H23ClFN7O2. The summed E-state index contributed by atoms with van der Waals surface area (Å²) in [5.74, 6) is -0.505. The molecule has 0 atom stereocenters. The third-order valence-corrected chi connectivity index (χ3v) is 6.46. The van der Waals surface area contributed by atoms with Gasteiger partial charge in [0.15, 0.2) is 5.82 Å². The number of ether oxygens (including phenoxy) is 1. The van der Waals surface area contributed by atoms with E-state index in [4.69, 9.17) is 22.1 Å². The van der Waals surface area contributed by atoms with Crippen LogP contribution in [0.1, 0.15) is 12.6 Å². The number of benzene rings is 2. The summed E-state index contributed by atoms with van der Waals surface area (Å²) in [5.41, 5.74) is 10.1. The zero-order chi connectivity index (χ0) is 27.8. The molecule has 0 radical (unpaired) electrons. The van der Waals surface area contributed by atoms with Crippen molar-refractivity contribution in [1.82, 2.24) is 24.5 Å². The summed E-state index contributed by atoms with van der Waals surface area (Å²) in [6, 6.07) is 12.3. The molecule has 0 unspecified atom stereocenters. The maximum absolute atomic E-state index is 15.4. The number of aryl methyl sites for hydroxylation is 2. The van der Waals surface area contributed by atoms with E-state index in [0.717, 1.165) is 11.3 Å². The van der Waals surface area contributed by atoms with Gasteiger partial charge in [-0.3, -0.25) is 4.79 Å². The number of nitrogen functional groups attached to an aromatic ring is 1. The van der Waals surface area contributed by atoms with E-state index < -0.39 is 11.7 Å². The standard InChI is InChI=1S/C28H23ClFN7O2/c1-14(2)27(38)36-19-10-9-18(22(29)23(19)30)24-20(21-25(31)33-13-34-26(21)37(24)4)16-5-7-17(8-6-16)39-28-32-12-11-15(3)35-28/h5-13H,1H2,2-4H3,(H,36,38)(H2,31,33,34). The Morgan fingerprint density at radius 3 is 2.56 bits per heavy atom. The molecule has 39 heavy (non-hydrogen) atoms. The Labute approximate surface area is 228 Å². The number of nitrogens with one attached hydrogen (secondary N) is 1. The van der Waals surface area contributed by atoms with Crippen molar-refractivity contribution in [2.75, 3.05) is 11.1 Å². The van der Waals surface area contributed by atoms with Crippen molar-refractivity contribution in [2.24, 2.45) is 7.05 Å². The number of halogens is 2. The first-order chi connectivity index (χ1) is 18.7. The van der Waals surface area contributed by atoms with Gasteiger partial charge in [0.2, 0.25) is 0 Å². The second-order valence-electron chi connectivity index (χ2n) is 8.87. The number of hydrogen-bond acceptors (Lipinski definition) is 7. The minimum absolute atomic E-state index is 0.0590. The molecule has 0 spiro atoms. The fourth-order valence-electron chi connectivity index (χ4n) is 4.20. The topological polar surface area (TPSA) is 121 Å². The third-order valence-electron chi connectivity index (χ3n) is 6.09.